The molecule has 25 heavy (non-hydrogen) atoms. The summed E-state index contributed by atoms with van der Waals surface area (Å²) in [5, 5.41) is 7.58. The third-order valence-electron chi connectivity index (χ3n) is 4.00. The van der Waals surface area contributed by atoms with Crippen molar-refractivity contribution < 1.29 is 9.59 Å². The van der Waals surface area contributed by atoms with Crippen molar-refractivity contribution in [1.29, 1.82) is 0 Å². The molecule has 4 nitrogen and oxygen atoms in total. The molecular weight excluding hydrogens is 332 g/mol. The zero-order valence-electron chi connectivity index (χ0n) is 15.4. The molecule has 0 radical (unpaired) electrons. The lowest BCUT2D eigenvalue weighted by Crippen LogP contribution is -2.46. The van der Waals surface area contributed by atoms with Gasteiger partial charge < -0.3 is 10.6 Å². The largest absolute Gasteiger partial charge is 0.339 e. The summed E-state index contributed by atoms with van der Waals surface area (Å²) >= 11 is 1.36. The van der Waals surface area contributed by atoms with Crippen molar-refractivity contribution in [2.24, 2.45) is 5.92 Å². The molecule has 2 rings (SSSR count). The van der Waals surface area contributed by atoms with Crippen molar-refractivity contribution in [2.75, 3.05) is 5.32 Å². The summed E-state index contributed by atoms with van der Waals surface area (Å²) in [5.74, 6) is -0.437. The standard InChI is InChI=1S/C20H26N2O2S/c1-13(2)17(22-18(23)16-7-6-12-25-16)19(24)21-15-10-8-14(9-11-15)20(3,4)5/h6-13,17H,1-5H3,(H,21,24)(H,22,23)/t17-/m0/s1. The van der Waals surface area contributed by atoms with Gasteiger partial charge in [0.1, 0.15) is 6.04 Å². The first-order valence-electron chi connectivity index (χ1n) is 8.44. The number of nitrogens with one attached hydrogen (secondary N) is 2. The topological polar surface area (TPSA) is 58.2 Å². The highest BCUT2D eigenvalue weighted by atomic mass is 32.1. The number of hydrogen-bond acceptors (Lipinski definition) is 3. The lowest BCUT2D eigenvalue weighted by molar-refractivity contribution is -0.118. The van der Waals surface area contributed by atoms with Crippen LogP contribution in [-0.4, -0.2) is 17.9 Å². The molecule has 0 aliphatic rings. The Bertz CT molecular complexity index is 713. The normalized spacial score (nSPS) is 12.7. The summed E-state index contributed by atoms with van der Waals surface area (Å²) in [5.41, 5.74) is 2.00. The van der Waals surface area contributed by atoms with Crippen molar-refractivity contribution in [1.82, 2.24) is 5.32 Å². The molecule has 0 bridgehead atoms. The van der Waals surface area contributed by atoms with Gasteiger partial charge in [-0.2, -0.15) is 0 Å². The first-order chi connectivity index (χ1) is 11.7. The van der Waals surface area contributed by atoms with Gasteiger partial charge in [-0.05, 0) is 40.5 Å². The molecule has 2 aromatic rings. The van der Waals surface area contributed by atoms with E-state index >= 15 is 0 Å². The Balaban J connectivity index is 2.06. The zero-order chi connectivity index (χ0) is 18.6. The smallest absolute Gasteiger partial charge is 0.262 e. The Morgan fingerprint density at radius 2 is 1.68 bits per heavy atom. The first-order valence-corrected chi connectivity index (χ1v) is 9.32. The molecule has 1 heterocycles. The zero-order valence-corrected chi connectivity index (χ0v) is 16.2. The van der Waals surface area contributed by atoms with E-state index in [0.717, 1.165) is 5.69 Å². The van der Waals surface area contributed by atoms with Crippen LogP contribution in [-0.2, 0) is 10.2 Å². The Hall–Kier alpha value is -2.14. The van der Waals surface area contributed by atoms with Crippen LogP contribution in [0.25, 0.3) is 0 Å². The molecule has 5 heteroatoms. The average molecular weight is 359 g/mol. The summed E-state index contributed by atoms with van der Waals surface area (Å²) in [6.07, 6.45) is 0. The molecule has 1 atom stereocenters. The second-order valence-corrected chi connectivity index (χ2v) is 8.44. The Kier molecular flexibility index (Phi) is 6.01. The molecule has 0 spiro atoms. The van der Waals surface area contributed by atoms with Crippen LogP contribution in [0.4, 0.5) is 5.69 Å². The summed E-state index contributed by atoms with van der Waals surface area (Å²) in [4.78, 5) is 25.5. The maximum Gasteiger partial charge on any atom is 0.262 e. The number of rotatable bonds is 5. The molecule has 1 aromatic carbocycles. The van der Waals surface area contributed by atoms with Crippen molar-refractivity contribution in [2.45, 2.75) is 46.1 Å². The quantitative estimate of drug-likeness (QED) is 0.830. The predicted molar refractivity (Wildman–Crippen MR) is 104 cm³/mol. The second-order valence-electron chi connectivity index (χ2n) is 7.49. The van der Waals surface area contributed by atoms with Crippen LogP contribution in [0, 0.1) is 5.92 Å². The van der Waals surface area contributed by atoms with Gasteiger partial charge in [-0.15, -0.1) is 11.3 Å². The van der Waals surface area contributed by atoms with Gasteiger partial charge in [0.25, 0.3) is 5.91 Å². The lowest BCUT2D eigenvalue weighted by Gasteiger charge is -2.22. The highest BCUT2D eigenvalue weighted by Crippen LogP contribution is 2.23. The maximum absolute atomic E-state index is 12.6. The van der Waals surface area contributed by atoms with Crippen LogP contribution < -0.4 is 10.6 Å². The Morgan fingerprint density at radius 3 is 2.16 bits per heavy atom. The number of carbonyl (C=O) groups is 2. The molecule has 1 aromatic heterocycles. The lowest BCUT2D eigenvalue weighted by atomic mass is 9.87. The van der Waals surface area contributed by atoms with Gasteiger partial charge in [-0.25, -0.2) is 0 Å². The van der Waals surface area contributed by atoms with E-state index in [1.54, 1.807) is 6.07 Å². The number of hydrogen-bond donors (Lipinski definition) is 2. The molecule has 0 aliphatic heterocycles. The van der Waals surface area contributed by atoms with Crippen molar-refractivity contribution in [3.05, 3.63) is 52.2 Å². The van der Waals surface area contributed by atoms with Crippen molar-refractivity contribution in [3.8, 4) is 0 Å². The maximum atomic E-state index is 12.6. The van der Waals surface area contributed by atoms with Crippen LogP contribution in [0.5, 0.6) is 0 Å². The van der Waals surface area contributed by atoms with Crippen LogP contribution >= 0.6 is 11.3 Å². The number of benzene rings is 1. The van der Waals surface area contributed by atoms with Gasteiger partial charge in [0.2, 0.25) is 5.91 Å². The minimum absolute atomic E-state index is 0.0160. The highest BCUT2D eigenvalue weighted by Gasteiger charge is 2.25. The molecule has 0 fully saturated rings. The molecular formula is C20H26N2O2S. The van der Waals surface area contributed by atoms with Crippen LogP contribution in [0.2, 0.25) is 0 Å². The third kappa shape index (κ3) is 5.16. The minimum Gasteiger partial charge on any atom is -0.339 e. The fraction of sp³-hybridized carbons (Fsp3) is 0.400. The fourth-order valence-corrected chi connectivity index (χ4v) is 3.06. The van der Waals surface area contributed by atoms with E-state index < -0.39 is 6.04 Å². The summed E-state index contributed by atoms with van der Waals surface area (Å²) < 4.78 is 0. The van der Waals surface area contributed by atoms with E-state index in [0.29, 0.717) is 4.88 Å². The fourth-order valence-electron chi connectivity index (χ4n) is 2.43. The minimum atomic E-state index is -0.586. The van der Waals surface area contributed by atoms with E-state index in [1.165, 1.54) is 16.9 Å². The van der Waals surface area contributed by atoms with Gasteiger partial charge in [-0.1, -0.05) is 52.8 Å². The van der Waals surface area contributed by atoms with Gasteiger partial charge >= 0.3 is 0 Å². The van der Waals surface area contributed by atoms with E-state index in [1.807, 2.05) is 49.6 Å². The second kappa shape index (κ2) is 7.83. The summed E-state index contributed by atoms with van der Waals surface area (Å²) in [6, 6.07) is 10.8. The number of thiophene rings is 1. The molecule has 0 unspecified atom stereocenters. The molecule has 134 valence electrons. The number of amides is 2. The number of carbonyl (C=O) groups excluding carboxylic acids is 2. The average Bonchev–Trinajstić information content (AvgIpc) is 3.06. The van der Waals surface area contributed by atoms with Gasteiger partial charge in [0, 0.05) is 5.69 Å². The van der Waals surface area contributed by atoms with Crippen LogP contribution in [0.3, 0.4) is 0 Å². The van der Waals surface area contributed by atoms with E-state index in [2.05, 4.69) is 31.4 Å². The molecule has 2 N–H and O–H groups in total. The third-order valence-corrected chi connectivity index (χ3v) is 4.87. The molecule has 2 amide bonds. The molecule has 0 aliphatic carbocycles. The highest BCUT2D eigenvalue weighted by molar-refractivity contribution is 7.12. The predicted octanol–water partition coefficient (Wildman–Crippen LogP) is 4.44. The Labute approximate surface area is 153 Å². The van der Waals surface area contributed by atoms with Crippen LogP contribution in [0.15, 0.2) is 41.8 Å². The van der Waals surface area contributed by atoms with Crippen molar-refractivity contribution >= 4 is 28.8 Å². The SMILES string of the molecule is CC(C)[C@H](NC(=O)c1cccs1)C(=O)Nc1ccc(C(C)(C)C)cc1. The Morgan fingerprint density at radius 1 is 1.04 bits per heavy atom. The van der Waals surface area contributed by atoms with Gasteiger partial charge in [-0.3, -0.25) is 9.59 Å². The van der Waals surface area contributed by atoms with Crippen LogP contribution in [0.1, 0.15) is 49.9 Å². The van der Waals surface area contributed by atoms with Crippen molar-refractivity contribution in [3.63, 3.8) is 0 Å². The van der Waals surface area contributed by atoms with E-state index in [9.17, 15) is 9.59 Å². The first kappa shape index (κ1) is 19.2. The number of anilines is 1. The summed E-state index contributed by atoms with van der Waals surface area (Å²) in [7, 11) is 0. The molecule has 0 saturated heterocycles. The van der Waals surface area contributed by atoms with E-state index in [-0.39, 0.29) is 23.1 Å². The monoisotopic (exact) mass is 358 g/mol. The van der Waals surface area contributed by atoms with Gasteiger partial charge in [0.15, 0.2) is 0 Å². The van der Waals surface area contributed by atoms with Gasteiger partial charge in [0.05, 0.1) is 4.88 Å². The van der Waals surface area contributed by atoms with E-state index in [4.69, 9.17) is 0 Å². The molecule has 0 saturated carbocycles. The summed E-state index contributed by atoms with van der Waals surface area (Å²) in [6.45, 7) is 10.3.